The van der Waals surface area contributed by atoms with E-state index in [4.69, 9.17) is 0 Å². The molecule has 2 aromatic carbocycles. The molecule has 0 aliphatic rings. The summed E-state index contributed by atoms with van der Waals surface area (Å²) in [6.45, 7) is 4.62. The molecular weight excluding hydrogens is 482 g/mol. The molecule has 0 fully saturated rings. The van der Waals surface area contributed by atoms with Gasteiger partial charge in [-0.25, -0.2) is 0 Å². The van der Waals surface area contributed by atoms with Gasteiger partial charge < -0.3 is 10.2 Å². The predicted octanol–water partition coefficient (Wildman–Crippen LogP) is 4.53. The van der Waals surface area contributed by atoms with Crippen molar-refractivity contribution in [3.8, 4) is 0 Å². The highest BCUT2D eigenvalue weighted by atomic mass is 79.9. The molecule has 0 saturated carbocycles. The summed E-state index contributed by atoms with van der Waals surface area (Å²) in [5, 5.41) is 13.6. The van der Waals surface area contributed by atoms with E-state index in [1.54, 1.807) is 24.0 Å². The second kappa shape index (κ2) is 12.5. The minimum atomic E-state index is -0.595. The van der Waals surface area contributed by atoms with Gasteiger partial charge in [-0.1, -0.05) is 47.1 Å². The van der Waals surface area contributed by atoms with E-state index < -0.39 is 11.0 Å². The minimum absolute atomic E-state index is 0.0393. The summed E-state index contributed by atoms with van der Waals surface area (Å²) in [4.78, 5) is 37.4. The largest absolute Gasteiger partial charge is 0.354 e. The molecule has 7 nitrogen and oxygen atoms in total. The number of non-ortho nitro benzene ring substituents is 1. The van der Waals surface area contributed by atoms with Crippen LogP contribution in [0.25, 0.3) is 0 Å². The number of nitro groups is 1. The second-order valence-electron chi connectivity index (χ2n) is 7.03. The Bertz CT molecular complexity index is 891. The number of rotatable bonds is 11. The highest BCUT2D eigenvalue weighted by Gasteiger charge is 2.25. The summed E-state index contributed by atoms with van der Waals surface area (Å²) in [6.07, 6.45) is 0.824. The van der Waals surface area contributed by atoms with Gasteiger partial charge in [0.25, 0.3) is 5.69 Å². The number of carbonyl (C=O) groups is 2. The van der Waals surface area contributed by atoms with Crippen molar-refractivity contribution in [3.63, 3.8) is 0 Å². The van der Waals surface area contributed by atoms with Crippen LogP contribution in [0, 0.1) is 10.1 Å². The summed E-state index contributed by atoms with van der Waals surface area (Å²) in [7, 11) is 0. The first-order valence-electron chi connectivity index (χ1n) is 9.94. The number of nitro benzene ring substituents is 1. The smallest absolute Gasteiger partial charge is 0.269 e. The monoisotopic (exact) mass is 507 g/mol. The van der Waals surface area contributed by atoms with Gasteiger partial charge in [0.1, 0.15) is 6.04 Å². The highest BCUT2D eigenvalue weighted by Crippen LogP contribution is 2.19. The molecule has 0 saturated heterocycles. The summed E-state index contributed by atoms with van der Waals surface area (Å²) >= 11 is 4.82. The van der Waals surface area contributed by atoms with Gasteiger partial charge in [-0.3, -0.25) is 19.7 Å². The molecule has 2 aromatic rings. The van der Waals surface area contributed by atoms with Crippen LogP contribution < -0.4 is 5.32 Å². The zero-order chi connectivity index (χ0) is 22.8. The molecule has 0 unspecified atom stereocenters. The lowest BCUT2D eigenvalue weighted by Crippen LogP contribution is -2.48. The van der Waals surface area contributed by atoms with E-state index in [0.717, 1.165) is 22.0 Å². The Hall–Kier alpha value is -2.39. The van der Waals surface area contributed by atoms with Crippen LogP contribution in [0.2, 0.25) is 0 Å². The molecule has 2 rings (SSSR count). The van der Waals surface area contributed by atoms with Gasteiger partial charge in [0.05, 0.1) is 10.7 Å². The predicted molar refractivity (Wildman–Crippen MR) is 127 cm³/mol. The Balaban J connectivity index is 2.02. The Kier molecular flexibility index (Phi) is 10.00. The maximum Gasteiger partial charge on any atom is 0.269 e. The van der Waals surface area contributed by atoms with Gasteiger partial charge in [0.15, 0.2) is 0 Å². The Morgan fingerprint density at radius 1 is 1.13 bits per heavy atom. The molecule has 0 heterocycles. The van der Waals surface area contributed by atoms with Crippen molar-refractivity contribution in [2.24, 2.45) is 0 Å². The van der Waals surface area contributed by atoms with Gasteiger partial charge in [-0.05, 0) is 36.6 Å². The fourth-order valence-corrected chi connectivity index (χ4v) is 3.95. The van der Waals surface area contributed by atoms with E-state index in [9.17, 15) is 19.7 Å². The first kappa shape index (κ1) is 24.9. The fourth-order valence-electron chi connectivity index (χ4n) is 2.82. The molecule has 0 spiro atoms. The van der Waals surface area contributed by atoms with Crippen molar-refractivity contribution in [3.05, 3.63) is 74.2 Å². The minimum Gasteiger partial charge on any atom is -0.354 e. The first-order valence-corrected chi connectivity index (χ1v) is 11.9. The van der Waals surface area contributed by atoms with Crippen LogP contribution in [0.15, 0.2) is 53.0 Å². The third kappa shape index (κ3) is 7.99. The van der Waals surface area contributed by atoms with Crippen LogP contribution in [0.3, 0.4) is 0 Å². The van der Waals surface area contributed by atoms with Crippen LogP contribution in [0.4, 0.5) is 5.69 Å². The quantitative estimate of drug-likeness (QED) is 0.356. The number of thioether (sulfide) groups is 1. The Labute approximate surface area is 194 Å². The molecule has 0 aliphatic heterocycles. The first-order chi connectivity index (χ1) is 14.8. The molecule has 1 atom stereocenters. The van der Waals surface area contributed by atoms with E-state index in [-0.39, 0.29) is 23.3 Å². The van der Waals surface area contributed by atoms with E-state index in [1.807, 2.05) is 31.2 Å². The number of nitrogens with one attached hydrogen (secondary N) is 1. The Morgan fingerprint density at radius 2 is 1.74 bits per heavy atom. The normalized spacial score (nSPS) is 11.6. The van der Waals surface area contributed by atoms with E-state index in [2.05, 4.69) is 21.2 Å². The Morgan fingerprint density at radius 3 is 2.32 bits per heavy atom. The van der Waals surface area contributed by atoms with Gasteiger partial charge in [0, 0.05) is 35.4 Å². The van der Waals surface area contributed by atoms with E-state index >= 15 is 0 Å². The lowest BCUT2D eigenvalue weighted by molar-refractivity contribution is -0.384. The number of nitrogens with zero attached hydrogens (tertiary/aromatic N) is 2. The van der Waals surface area contributed by atoms with Gasteiger partial charge in [-0.15, -0.1) is 11.8 Å². The van der Waals surface area contributed by atoms with Crippen molar-refractivity contribution in [1.29, 1.82) is 0 Å². The molecule has 0 aromatic heterocycles. The van der Waals surface area contributed by atoms with Crippen molar-refractivity contribution < 1.29 is 14.5 Å². The number of carbonyl (C=O) groups excluding carboxylic acids is 2. The number of benzene rings is 2. The highest BCUT2D eigenvalue weighted by molar-refractivity contribution is 9.10. The molecule has 31 heavy (non-hydrogen) atoms. The third-order valence-electron chi connectivity index (χ3n) is 4.62. The number of halogens is 1. The van der Waals surface area contributed by atoms with E-state index in [1.165, 1.54) is 23.9 Å². The van der Waals surface area contributed by atoms with Gasteiger partial charge in [-0.2, -0.15) is 0 Å². The topological polar surface area (TPSA) is 92.6 Å². The maximum atomic E-state index is 13.0. The third-order valence-corrected chi connectivity index (χ3v) is 6.14. The zero-order valence-electron chi connectivity index (χ0n) is 17.5. The van der Waals surface area contributed by atoms with Gasteiger partial charge in [0.2, 0.25) is 11.8 Å². The molecule has 2 amide bonds. The SMILES string of the molecule is CCCNC(=O)[C@@H](C)N(Cc1ccc(Br)cc1)C(=O)CSCc1ccc([N+](=O)[O-])cc1. The van der Waals surface area contributed by atoms with Crippen LogP contribution >= 0.6 is 27.7 Å². The standard InChI is InChI=1S/C22H26BrN3O4S/c1-3-12-24-22(28)16(2)25(13-17-4-8-19(23)9-5-17)21(27)15-31-14-18-6-10-20(11-7-18)26(29)30/h4-11,16H,3,12-15H2,1-2H3,(H,24,28)/t16-/m1/s1. The molecular formula is C22H26BrN3O4S. The average Bonchev–Trinajstić information content (AvgIpc) is 2.76. The average molecular weight is 508 g/mol. The lowest BCUT2D eigenvalue weighted by Gasteiger charge is -2.28. The molecule has 0 radical (unpaired) electrons. The molecule has 166 valence electrons. The van der Waals surface area contributed by atoms with Crippen molar-refractivity contribution in [1.82, 2.24) is 10.2 Å². The van der Waals surface area contributed by atoms with Crippen LogP contribution in [-0.2, 0) is 21.9 Å². The lowest BCUT2D eigenvalue weighted by atomic mass is 10.1. The van der Waals surface area contributed by atoms with Crippen molar-refractivity contribution in [2.45, 2.75) is 38.6 Å². The van der Waals surface area contributed by atoms with Crippen LogP contribution in [0.1, 0.15) is 31.4 Å². The summed E-state index contributed by atoms with van der Waals surface area (Å²) in [5.74, 6) is 0.451. The summed E-state index contributed by atoms with van der Waals surface area (Å²) < 4.78 is 0.946. The second-order valence-corrected chi connectivity index (χ2v) is 8.93. The van der Waals surface area contributed by atoms with Crippen LogP contribution in [-0.4, -0.2) is 40.0 Å². The number of hydrogen-bond acceptors (Lipinski definition) is 5. The fraction of sp³-hybridized carbons (Fsp3) is 0.364. The van der Waals surface area contributed by atoms with Crippen LogP contribution in [0.5, 0.6) is 0 Å². The van der Waals surface area contributed by atoms with Crippen molar-refractivity contribution >= 4 is 45.2 Å². The molecule has 9 heteroatoms. The molecule has 0 aliphatic carbocycles. The molecule has 0 bridgehead atoms. The molecule has 1 N–H and O–H groups in total. The number of hydrogen-bond donors (Lipinski definition) is 1. The number of amides is 2. The summed E-state index contributed by atoms with van der Waals surface area (Å²) in [5.41, 5.74) is 1.88. The van der Waals surface area contributed by atoms with Crippen molar-refractivity contribution in [2.75, 3.05) is 12.3 Å². The maximum absolute atomic E-state index is 13.0. The summed E-state index contributed by atoms with van der Waals surface area (Å²) in [6, 6.07) is 13.4. The zero-order valence-corrected chi connectivity index (χ0v) is 19.9. The van der Waals surface area contributed by atoms with Gasteiger partial charge >= 0.3 is 0 Å². The van der Waals surface area contributed by atoms with E-state index in [0.29, 0.717) is 18.8 Å².